The number of hydrogen-bond acceptors (Lipinski definition) is 5. The van der Waals surface area contributed by atoms with Crippen molar-refractivity contribution in [1.29, 1.82) is 0 Å². The van der Waals surface area contributed by atoms with Gasteiger partial charge in [-0.15, -0.1) is 0 Å². The van der Waals surface area contributed by atoms with Crippen molar-refractivity contribution in [2.24, 2.45) is 0 Å². The average Bonchev–Trinajstić information content (AvgIpc) is 2.92. The predicted octanol–water partition coefficient (Wildman–Crippen LogP) is 1.12. The Morgan fingerprint density at radius 1 is 1.05 bits per heavy atom. The van der Waals surface area contributed by atoms with E-state index in [2.05, 4.69) is 0 Å². The minimum atomic E-state index is -0.567. The van der Waals surface area contributed by atoms with Gasteiger partial charge in [0.25, 0.3) is 0 Å². The van der Waals surface area contributed by atoms with Gasteiger partial charge in [0.05, 0.1) is 24.4 Å². The molecule has 0 aliphatic carbocycles. The molecule has 0 aromatic heterocycles. The normalized spacial score (nSPS) is 29.8. The Hall–Kier alpha value is -1.08. The number of hydrogen-bond donors (Lipinski definition) is 1. The Kier molecular flexibility index (Phi) is 3.97. The van der Waals surface area contributed by atoms with Crippen LogP contribution in [0.25, 0.3) is 0 Å². The average molecular weight is 306 g/mol. The molecule has 2 saturated heterocycles. The van der Waals surface area contributed by atoms with Crippen molar-refractivity contribution in [2.75, 3.05) is 13.2 Å². The van der Waals surface area contributed by atoms with Crippen LogP contribution in [-0.4, -0.2) is 48.8 Å². The fourth-order valence-electron chi connectivity index (χ4n) is 2.49. The third-order valence-corrected chi connectivity index (χ3v) is 4.69. The summed E-state index contributed by atoms with van der Waals surface area (Å²) in [5.41, 5.74) is 0.255. The maximum absolute atomic E-state index is 9.70. The van der Waals surface area contributed by atoms with Gasteiger partial charge in [-0.2, -0.15) is 0 Å². The van der Waals surface area contributed by atoms with Crippen molar-refractivity contribution in [1.82, 2.24) is 0 Å². The van der Waals surface area contributed by atoms with Crippen molar-refractivity contribution in [3.8, 4) is 5.75 Å². The quantitative estimate of drug-likeness (QED) is 0.848. The van der Waals surface area contributed by atoms with E-state index in [4.69, 9.17) is 18.8 Å². The molecule has 0 spiro atoms. The SMILES string of the molecule is CC1(C)OB(c2ccc(O[C@@H]3COC[C@H]3O)cc2)OC1(C)C. The Balaban J connectivity index is 1.67. The van der Waals surface area contributed by atoms with Gasteiger partial charge in [-0.25, -0.2) is 0 Å². The third-order valence-electron chi connectivity index (χ3n) is 4.69. The predicted molar refractivity (Wildman–Crippen MR) is 83.4 cm³/mol. The Bertz CT molecular complexity index is 512. The fraction of sp³-hybridized carbons (Fsp3) is 0.625. The first-order chi connectivity index (χ1) is 10.3. The molecule has 0 radical (unpaired) electrons. The van der Waals surface area contributed by atoms with Gasteiger partial charge in [0.15, 0.2) is 0 Å². The number of aliphatic hydroxyl groups excluding tert-OH is 1. The molecule has 22 heavy (non-hydrogen) atoms. The first-order valence-electron chi connectivity index (χ1n) is 7.66. The monoisotopic (exact) mass is 306 g/mol. The van der Waals surface area contributed by atoms with Crippen LogP contribution in [-0.2, 0) is 14.0 Å². The summed E-state index contributed by atoms with van der Waals surface area (Å²) in [6, 6.07) is 7.59. The van der Waals surface area contributed by atoms with Crippen molar-refractivity contribution in [3.63, 3.8) is 0 Å². The van der Waals surface area contributed by atoms with E-state index >= 15 is 0 Å². The minimum absolute atomic E-state index is 0.303. The van der Waals surface area contributed by atoms with Gasteiger partial charge in [0, 0.05) is 0 Å². The first kappa shape index (κ1) is 15.8. The van der Waals surface area contributed by atoms with Crippen molar-refractivity contribution in [2.45, 2.75) is 51.1 Å². The second-order valence-corrected chi connectivity index (χ2v) is 6.92. The van der Waals surface area contributed by atoms with Crippen LogP contribution in [0, 0.1) is 0 Å². The molecule has 1 aromatic rings. The van der Waals surface area contributed by atoms with Crippen LogP contribution in [0.2, 0.25) is 0 Å². The smallest absolute Gasteiger partial charge is 0.485 e. The van der Waals surface area contributed by atoms with Crippen molar-refractivity contribution < 1.29 is 23.9 Å². The topological polar surface area (TPSA) is 57.2 Å². The summed E-state index contributed by atoms with van der Waals surface area (Å²) in [6.45, 7) is 8.88. The van der Waals surface area contributed by atoms with Crippen LogP contribution in [0.15, 0.2) is 24.3 Å². The lowest BCUT2D eigenvalue weighted by Gasteiger charge is -2.32. The van der Waals surface area contributed by atoms with Gasteiger partial charge in [0.2, 0.25) is 0 Å². The molecule has 2 fully saturated rings. The maximum Gasteiger partial charge on any atom is 0.494 e. The number of aliphatic hydroxyl groups is 1. The van der Waals surface area contributed by atoms with Crippen LogP contribution >= 0.6 is 0 Å². The highest BCUT2D eigenvalue weighted by Gasteiger charge is 2.51. The Morgan fingerprint density at radius 3 is 2.14 bits per heavy atom. The van der Waals surface area contributed by atoms with Crippen molar-refractivity contribution in [3.05, 3.63) is 24.3 Å². The first-order valence-corrected chi connectivity index (χ1v) is 7.66. The van der Waals surface area contributed by atoms with E-state index in [9.17, 15) is 5.11 Å². The van der Waals surface area contributed by atoms with Gasteiger partial charge in [-0.05, 0) is 45.3 Å². The molecule has 2 atom stereocenters. The van der Waals surface area contributed by atoms with Gasteiger partial charge >= 0.3 is 7.12 Å². The Labute approximate surface area is 131 Å². The molecule has 0 amide bonds. The molecule has 0 bridgehead atoms. The zero-order chi connectivity index (χ0) is 16.0. The van der Waals surface area contributed by atoms with E-state index in [-0.39, 0.29) is 24.4 Å². The van der Waals surface area contributed by atoms with Crippen molar-refractivity contribution >= 4 is 12.6 Å². The maximum atomic E-state index is 9.70. The highest BCUT2D eigenvalue weighted by Crippen LogP contribution is 2.36. The molecule has 3 rings (SSSR count). The van der Waals surface area contributed by atoms with Crippen LogP contribution in [0.5, 0.6) is 5.75 Å². The molecule has 120 valence electrons. The van der Waals surface area contributed by atoms with E-state index in [1.54, 1.807) is 0 Å². The van der Waals surface area contributed by atoms with Crippen LogP contribution < -0.4 is 10.2 Å². The number of ether oxygens (including phenoxy) is 2. The lowest BCUT2D eigenvalue weighted by Crippen LogP contribution is -2.41. The fourth-order valence-corrected chi connectivity index (χ4v) is 2.49. The zero-order valence-electron chi connectivity index (χ0n) is 13.5. The molecule has 1 N–H and O–H groups in total. The lowest BCUT2D eigenvalue weighted by atomic mass is 9.79. The number of benzene rings is 1. The summed E-state index contributed by atoms with van der Waals surface area (Å²) in [4.78, 5) is 0. The summed E-state index contributed by atoms with van der Waals surface area (Å²) >= 11 is 0. The third kappa shape index (κ3) is 2.88. The minimum Gasteiger partial charge on any atom is -0.485 e. The standard InChI is InChI=1S/C16H23BO5/c1-15(2)16(3,4)22-17(21-15)11-5-7-12(8-6-11)20-14-10-19-9-13(14)18/h5-8,13-14,18H,9-10H2,1-4H3/t13-,14-/m1/s1. The summed E-state index contributed by atoms with van der Waals surface area (Å²) in [5, 5.41) is 9.70. The molecule has 2 aliphatic heterocycles. The molecular weight excluding hydrogens is 283 g/mol. The van der Waals surface area contributed by atoms with E-state index < -0.39 is 6.10 Å². The number of rotatable bonds is 3. The molecule has 6 heteroatoms. The van der Waals surface area contributed by atoms with Gasteiger partial charge in [-0.1, -0.05) is 12.1 Å². The lowest BCUT2D eigenvalue weighted by molar-refractivity contribution is 0.00578. The summed E-state index contributed by atoms with van der Waals surface area (Å²) in [7, 11) is -0.376. The van der Waals surface area contributed by atoms with E-state index in [0.29, 0.717) is 19.0 Å². The van der Waals surface area contributed by atoms with Crippen LogP contribution in [0.3, 0.4) is 0 Å². The molecular formula is C16H23BO5. The van der Waals surface area contributed by atoms with Gasteiger partial charge in [-0.3, -0.25) is 0 Å². The largest absolute Gasteiger partial charge is 0.494 e. The highest BCUT2D eigenvalue weighted by molar-refractivity contribution is 6.62. The van der Waals surface area contributed by atoms with E-state index in [1.807, 2.05) is 52.0 Å². The molecule has 0 saturated carbocycles. The highest BCUT2D eigenvalue weighted by atomic mass is 16.7. The molecule has 2 heterocycles. The van der Waals surface area contributed by atoms with Gasteiger partial charge < -0.3 is 23.9 Å². The van der Waals surface area contributed by atoms with E-state index in [0.717, 1.165) is 5.46 Å². The molecule has 2 aliphatic rings. The second-order valence-electron chi connectivity index (χ2n) is 6.92. The second kappa shape index (κ2) is 5.53. The van der Waals surface area contributed by atoms with Gasteiger partial charge in [0.1, 0.15) is 18.0 Å². The zero-order valence-corrected chi connectivity index (χ0v) is 13.5. The summed E-state index contributed by atoms with van der Waals surface area (Å²) < 4.78 is 22.9. The molecule has 0 unspecified atom stereocenters. The van der Waals surface area contributed by atoms with E-state index in [1.165, 1.54) is 0 Å². The van der Waals surface area contributed by atoms with Crippen LogP contribution in [0.4, 0.5) is 0 Å². The Morgan fingerprint density at radius 2 is 1.64 bits per heavy atom. The molecule has 1 aromatic carbocycles. The van der Waals surface area contributed by atoms with Crippen LogP contribution in [0.1, 0.15) is 27.7 Å². The summed E-state index contributed by atoms with van der Waals surface area (Å²) in [6.07, 6.45) is -0.870. The summed E-state index contributed by atoms with van der Waals surface area (Å²) in [5.74, 6) is 0.704. The molecule has 5 nitrogen and oxygen atoms in total.